The number of nitro groups is 1. The average molecular weight is 439 g/mol. The molecule has 0 heterocycles. The van der Waals surface area contributed by atoms with Gasteiger partial charge in [0.25, 0.3) is 5.69 Å². The van der Waals surface area contributed by atoms with Crippen LogP contribution in [0.3, 0.4) is 0 Å². The van der Waals surface area contributed by atoms with E-state index in [1.165, 1.54) is 19.2 Å². The number of carbonyl (C=O) groups is 1. The molecule has 0 aliphatic carbocycles. The standard InChI is InChI=1S/C18H21N3O8S/c1-19-16-8-7-15(11-17(16)21(23)24)30(25,26)20-12-18(22)29-10-9-28-14-5-3-13(27-2)4-6-14/h3-8,11,19-20H,9-10,12H2,1-2H3. The highest BCUT2D eigenvalue weighted by atomic mass is 32.2. The van der Waals surface area contributed by atoms with Crippen LogP contribution >= 0.6 is 0 Å². The van der Waals surface area contributed by atoms with Crippen molar-refractivity contribution in [3.05, 3.63) is 52.6 Å². The molecule has 0 saturated heterocycles. The lowest BCUT2D eigenvalue weighted by atomic mass is 10.3. The van der Waals surface area contributed by atoms with E-state index in [0.29, 0.717) is 11.5 Å². The fraction of sp³-hybridized carbons (Fsp3) is 0.278. The van der Waals surface area contributed by atoms with E-state index in [1.54, 1.807) is 31.4 Å². The lowest BCUT2D eigenvalue weighted by Crippen LogP contribution is -2.31. The molecule has 2 rings (SSSR count). The van der Waals surface area contributed by atoms with Gasteiger partial charge in [0, 0.05) is 13.1 Å². The molecule has 11 nitrogen and oxygen atoms in total. The summed E-state index contributed by atoms with van der Waals surface area (Å²) >= 11 is 0. The van der Waals surface area contributed by atoms with E-state index in [0.717, 1.165) is 6.07 Å². The molecule has 12 heteroatoms. The Morgan fingerprint density at radius 2 is 1.77 bits per heavy atom. The number of anilines is 1. The van der Waals surface area contributed by atoms with Crippen LogP contribution in [-0.2, 0) is 19.6 Å². The quantitative estimate of drug-likeness (QED) is 0.230. The Bertz CT molecular complexity index is 993. The van der Waals surface area contributed by atoms with E-state index < -0.39 is 33.1 Å². The Morgan fingerprint density at radius 3 is 2.37 bits per heavy atom. The fourth-order valence-corrected chi connectivity index (χ4v) is 3.30. The van der Waals surface area contributed by atoms with Gasteiger partial charge in [0.15, 0.2) is 0 Å². The molecule has 0 radical (unpaired) electrons. The molecule has 2 aromatic rings. The number of sulfonamides is 1. The zero-order valence-electron chi connectivity index (χ0n) is 16.3. The van der Waals surface area contributed by atoms with E-state index in [4.69, 9.17) is 14.2 Å². The molecule has 0 aromatic heterocycles. The Balaban J connectivity index is 1.83. The van der Waals surface area contributed by atoms with Crippen LogP contribution in [0.2, 0.25) is 0 Å². The van der Waals surface area contributed by atoms with Gasteiger partial charge >= 0.3 is 5.97 Å². The maximum atomic E-state index is 12.3. The van der Waals surface area contributed by atoms with Gasteiger partial charge in [-0.3, -0.25) is 14.9 Å². The highest BCUT2D eigenvalue weighted by molar-refractivity contribution is 7.89. The lowest BCUT2D eigenvalue weighted by Gasteiger charge is -2.10. The van der Waals surface area contributed by atoms with Crippen LogP contribution in [0.4, 0.5) is 11.4 Å². The number of carbonyl (C=O) groups excluding carboxylic acids is 1. The molecule has 2 N–H and O–H groups in total. The lowest BCUT2D eigenvalue weighted by molar-refractivity contribution is -0.384. The third-order valence-corrected chi connectivity index (χ3v) is 5.23. The summed E-state index contributed by atoms with van der Waals surface area (Å²) in [6.07, 6.45) is 0. The average Bonchev–Trinajstić information content (AvgIpc) is 2.75. The number of ether oxygens (including phenoxy) is 3. The SMILES string of the molecule is CNc1ccc(S(=O)(=O)NCC(=O)OCCOc2ccc(OC)cc2)cc1[N+](=O)[O-]. The smallest absolute Gasteiger partial charge is 0.321 e. The first-order chi connectivity index (χ1) is 14.3. The van der Waals surface area contributed by atoms with E-state index >= 15 is 0 Å². The summed E-state index contributed by atoms with van der Waals surface area (Å²) in [7, 11) is -1.12. The van der Waals surface area contributed by atoms with Crippen molar-refractivity contribution in [1.29, 1.82) is 0 Å². The molecule has 0 spiro atoms. The Hall–Kier alpha value is -3.38. The van der Waals surface area contributed by atoms with Gasteiger partial charge in [-0.25, -0.2) is 8.42 Å². The maximum absolute atomic E-state index is 12.3. The normalized spacial score (nSPS) is 10.9. The molecule has 0 fully saturated rings. The number of esters is 1. The first-order valence-corrected chi connectivity index (χ1v) is 10.1. The predicted molar refractivity (Wildman–Crippen MR) is 107 cm³/mol. The van der Waals surface area contributed by atoms with Gasteiger partial charge in [-0.2, -0.15) is 4.72 Å². The van der Waals surface area contributed by atoms with Crippen LogP contribution < -0.4 is 19.5 Å². The minimum atomic E-state index is -4.14. The van der Waals surface area contributed by atoms with Gasteiger partial charge in [-0.05, 0) is 36.4 Å². The summed E-state index contributed by atoms with van der Waals surface area (Å²) in [6, 6.07) is 10.2. The minimum Gasteiger partial charge on any atom is -0.497 e. The summed E-state index contributed by atoms with van der Waals surface area (Å²) < 4.78 is 41.9. The Morgan fingerprint density at radius 1 is 1.10 bits per heavy atom. The second-order valence-corrected chi connectivity index (χ2v) is 7.52. The second-order valence-electron chi connectivity index (χ2n) is 5.76. The van der Waals surface area contributed by atoms with Crippen molar-refractivity contribution in [3.63, 3.8) is 0 Å². The first kappa shape index (κ1) is 22.9. The monoisotopic (exact) mass is 439 g/mol. The third kappa shape index (κ3) is 6.32. The van der Waals surface area contributed by atoms with Gasteiger partial charge in [-0.1, -0.05) is 0 Å². The summed E-state index contributed by atoms with van der Waals surface area (Å²) in [5, 5.41) is 13.7. The van der Waals surface area contributed by atoms with Crippen LogP contribution in [0.15, 0.2) is 47.4 Å². The molecule has 0 unspecified atom stereocenters. The summed E-state index contributed by atoms with van der Waals surface area (Å²) in [4.78, 5) is 21.8. The third-order valence-electron chi connectivity index (χ3n) is 3.83. The van der Waals surface area contributed by atoms with Crippen LogP contribution in [-0.4, -0.2) is 53.2 Å². The van der Waals surface area contributed by atoms with E-state index in [1.807, 2.05) is 4.72 Å². The molecule has 162 valence electrons. The number of hydrogen-bond acceptors (Lipinski definition) is 9. The molecule has 0 amide bonds. The fourth-order valence-electron chi connectivity index (χ4n) is 2.32. The van der Waals surface area contributed by atoms with Crippen molar-refractivity contribution in [2.24, 2.45) is 0 Å². The molecule has 2 aromatic carbocycles. The van der Waals surface area contributed by atoms with Gasteiger partial charge in [0.05, 0.1) is 16.9 Å². The van der Waals surface area contributed by atoms with Crippen LogP contribution in [0, 0.1) is 10.1 Å². The minimum absolute atomic E-state index is 0.0719. The molecule has 0 atom stereocenters. The number of nitrogens with zero attached hydrogens (tertiary/aromatic N) is 1. The second kappa shape index (κ2) is 10.4. The van der Waals surface area contributed by atoms with Gasteiger partial charge in [0.2, 0.25) is 10.0 Å². The molecule has 0 bridgehead atoms. The Labute approximate surface area is 173 Å². The predicted octanol–water partition coefficient (Wildman–Crippen LogP) is 1.55. The molecule has 0 saturated carbocycles. The molecule has 0 aliphatic heterocycles. The number of benzene rings is 2. The highest BCUT2D eigenvalue weighted by Gasteiger charge is 2.21. The van der Waals surface area contributed by atoms with Gasteiger partial charge in [-0.15, -0.1) is 0 Å². The first-order valence-electron chi connectivity index (χ1n) is 8.65. The zero-order chi connectivity index (χ0) is 22.1. The topological polar surface area (TPSA) is 146 Å². The van der Waals surface area contributed by atoms with Crippen LogP contribution in [0.25, 0.3) is 0 Å². The highest BCUT2D eigenvalue weighted by Crippen LogP contribution is 2.27. The number of rotatable bonds is 11. The maximum Gasteiger partial charge on any atom is 0.321 e. The summed E-state index contributed by atoms with van der Waals surface area (Å²) in [5.41, 5.74) is -0.242. The molecule has 0 aliphatic rings. The Kier molecular flexibility index (Phi) is 7.95. The van der Waals surface area contributed by atoms with Crippen molar-refractivity contribution in [3.8, 4) is 11.5 Å². The number of nitrogens with one attached hydrogen (secondary N) is 2. The van der Waals surface area contributed by atoms with Gasteiger partial charge < -0.3 is 19.5 Å². The van der Waals surface area contributed by atoms with Crippen molar-refractivity contribution in [1.82, 2.24) is 4.72 Å². The van der Waals surface area contributed by atoms with E-state index in [2.05, 4.69) is 5.32 Å². The van der Waals surface area contributed by atoms with E-state index in [-0.39, 0.29) is 23.8 Å². The van der Waals surface area contributed by atoms with Gasteiger partial charge in [0.1, 0.15) is 36.9 Å². The summed E-state index contributed by atoms with van der Waals surface area (Å²) in [5.74, 6) is 0.407. The number of nitro benzene ring substituents is 1. The molecular formula is C18H21N3O8S. The van der Waals surface area contributed by atoms with Crippen molar-refractivity contribution in [2.45, 2.75) is 4.90 Å². The van der Waals surface area contributed by atoms with Crippen molar-refractivity contribution in [2.75, 3.05) is 39.2 Å². The van der Waals surface area contributed by atoms with E-state index in [9.17, 15) is 23.3 Å². The molecule has 30 heavy (non-hydrogen) atoms. The van der Waals surface area contributed by atoms with Crippen molar-refractivity contribution >= 4 is 27.4 Å². The molecular weight excluding hydrogens is 418 g/mol. The number of methoxy groups -OCH3 is 1. The zero-order valence-corrected chi connectivity index (χ0v) is 17.1. The van der Waals surface area contributed by atoms with Crippen LogP contribution in [0.5, 0.6) is 11.5 Å². The largest absolute Gasteiger partial charge is 0.497 e. The number of hydrogen-bond donors (Lipinski definition) is 2. The van der Waals surface area contributed by atoms with Crippen molar-refractivity contribution < 1.29 is 32.3 Å². The van der Waals surface area contributed by atoms with Crippen LogP contribution in [0.1, 0.15) is 0 Å². The summed E-state index contributed by atoms with van der Waals surface area (Å²) in [6.45, 7) is -0.649.